The summed E-state index contributed by atoms with van der Waals surface area (Å²) in [5, 5.41) is 8.82. The molecule has 0 aliphatic heterocycles. The molecule has 3 rings (SSSR count). The average Bonchev–Trinajstić information content (AvgIpc) is 2.62. The van der Waals surface area contributed by atoms with Gasteiger partial charge in [0.2, 0.25) is 11.7 Å². The van der Waals surface area contributed by atoms with Crippen LogP contribution in [0.1, 0.15) is 11.4 Å². The number of aromatic nitrogens is 2. The predicted molar refractivity (Wildman–Crippen MR) is 86.6 cm³/mol. The Morgan fingerprint density at radius 3 is 2.61 bits per heavy atom. The number of nitrogens with zero attached hydrogens (tertiary/aromatic N) is 3. The van der Waals surface area contributed by atoms with Gasteiger partial charge < -0.3 is 10.5 Å². The second-order valence-electron chi connectivity index (χ2n) is 4.86. The highest BCUT2D eigenvalue weighted by Gasteiger charge is 2.04. The lowest BCUT2D eigenvalue weighted by atomic mass is 10.0. The van der Waals surface area contributed by atoms with E-state index < -0.39 is 0 Å². The molecular weight excluding hydrogens is 288 g/mol. The van der Waals surface area contributed by atoms with Gasteiger partial charge in [0, 0.05) is 18.8 Å². The second-order valence-corrected chi connectivity index (χ2v) is 4.86. The fourth-order valence-electron chi connectivity index (χ4n) is 2.15. The number of hydrogen-bond donors (Lipinski definition) is 1. The minimum absolute atomic E-state index is 0.0797. The van der Waals surface area contributed by atoms with Crippen molar-refractivity contribution in [1.29, 1.82) is 5.26 Å². The van der Waals surface area contributed by atoms with Gasteiger partial charge in [-0.05, 0) is 28.8 Å². The summed E-state index contributed by atoms with van der Waals surface area (Å²) in [7, 11) is 0. The highest BCUT2D eigenvalue weighted by atomic mass is 16.5. The molecule has 1 heterocycles. The average molecular weight is 302 g/mol. The molecule has 0 amide bonds. The summed E-state index contributed by atoms with van der Waals surface area (Å²) in [5.74, 6) is 1.07. The molecule has 0 unspecified atom stereocenters. The fraction of sp³-hybridized carbons (Fsp3) is 0.0556. The van der Waals surface area contributed by atoms with Gasteiger partial charge in [0.05, 0.1) is 0 Å². The number of nitriles is 1. The standard InChI is InChI=1S/C18H14N4O/c19-11-13-4-6-14(7-5-13)15-2-1-3-16(10-15)23-18-8-9-21-17(12-20)22-18/h1-10H,11,19H2. The SMILES string of the molecule is N#Cc1nccc(Oc2cccc(-c3ccc(CN)cc3)c2)n1. The Morgan fingerprint density at radius 2 is 1.87 bits per heavy atom. The summed E-state index contributed by atoms with van der Waals surface area (Å²) >= 11 is 0. The summed E-state index contributed by atoms with van der Waals surface area (Å²) in [6, 6.07) is 19.2. The maximum Gasteiger partial charge on any atom is 0.235 e. The molecule has 0 bridgehead atoms. The van der Waals surface area contributed by atoms with Crippen LogP contribution in [0.5, 0.6) is 11.6 Å². The minimum atomic E-state index is 0.0797. The van der Waals surface area contributed by atoms with Gasteiger partial charge in [-0.2, -0.15) is 10.2 Å². The molecular formula is C18H14N4O. The second kappa shape index (κ2) is 6.69. The third-order valence-corrected chi connectivity index (χ3v) is 3.31. The van der Waals surface area contributed by atoms with Gasteiger partial charge in [0.25, 0.3) is 0 Å². The Kier molecular flexibility index (Phi) is 4.27. The zero-order valence-corrected chi connectivity index (χ0v) is 12.3. The quantitative estimate of drug-likeness (QED) is 0.799. The normalized spacial score (nSPS) is 10.1. The van der Waals surface area contributed by atoms with E-state index in [9.17, 15) is 0 Å². The lowest BCUT2D eigenvalue weighted by Gasteiger charge is -2.07. The van der Waals surface area contributed by atoms with Crippen LogP contribution in [-0.4, -0.2) is 9.97 Å². The van der Waals surface area contributed by atoms with Crippen molar-refractivity contribution in [2.45, 2.75) is 6.54 Å². The summed E-state index contributed by atoms with van der Waals surface area (Å²) in [6.07, 6.45) is 1.50. The van der Waals surface area contributed by atoms with E-state index in [0.717, 1.165) is 16.7 Å². The van der Waals surface area contributed by atoms with E-state index in [-0.39, 0.29) is 5.82 Å². The number of hydrogen-bond acceptors (Lipinski definition) is 5. The zero-order chi connectivity index (χ0) is 16.1. The van der Waals surface area contributed by atoms with Crippen molar-refractivity contribution in [3.05, 3.63) is 72.2 Å². The zero-order valence-electron chi connectivity index (χ0n) is 12.3. The third-order valence-electron chi connectivity index (χ3n) is 3.31. The maximum absolute atomic E-state index is 8.82. The molecule has 2 N–H and O–H groups in total. The van der Waals surface area contributed by atoms with Crippen LogP contribution in [0, 0.1) is 11.3 Å². The molecule has 0 atom stereocenters. The van der Waals surface area contributed by atoms with Crippen molar-refractivity contribution in [1.82, 2.24) is 9.97 Å². The van der Waals surface area contributed by atoms with E-state index >= 15 is 0 Å². The van der Waals surface area contributed by atoms with Gasteiger partial charge in [-0.25, -0.2) is 4.98 Å². The van der Waals surface area contributed by atoms with Crippen LogP contribution in [0.2, 0.25) is 0 Å². The number of rotatable bonds is 4. The Balaban J connectivity index is 1.85. The lowest BCUT2D eigenvalue weighted by Crippen LogP contribution is -1.95. The molecule has 2 aromatic carbocycles. The van der Waals surface area contributed by atoms with Crippen LogP contribution in [0.3, 0.4) is 0 Å². The van der Waals surface area contributed by atoms with E-state index in [1.165, 1.54) is 6.20 Å². The third kappa shape index (κ3) is 3.51. The summed E-state index contributed by atoms with van der Waals surface area (Å²) in [6.45, 7) is 0.526. The minimum Gasteiger partial charge on any atom is -0.439 e. The Labute approximate surface area is 134 Å². The molecule has 112 valence electrons. The van der Waals surface area contributed by atoms with E-state index in [1.54, 1.807) is 6.07 Å². The van der Waals surface area contributed by atoms with Crippen molar-refractivity contribution < 1.29 is 4.74 Å². The van der Waals surface area contributed by atoms with Gasteiger partial charge in [-0.1, -0.05) is 36.4 Å². The monoisotopic (exact) mass is 302 g/mol. The topological polar surface area (TPSA) is 84.8 Å². The molecule has 3 aromatic rings. The molecule has 0 fully saturated rings. The van der Waals surface area contributed by atoms with Gasteiger partial charge in [0.1, 0.15) is 11.8 Å². The van der Waals surface area contributed by atoms with Crippen LogP contribution >= 0.6 is 0 Å². The molecule has 5 heteroatoms. The van der Waals surface area contributed by atoms with Crippen molar-refractivity contribution in [2.75, 3.05) is 0 Å². The number of benzene rings is 2. The van der Waals surface area contributed by atoms with Crippen molar-refractivity contribution in [3.8, 4) is 28.8 Å². The van der Waals surface area contributed by atoms with Crippen LogP contribution in [0.4, 0.5) is 0 Å². The van der Waals surface area contributed by atoms with Gasteiger partial charge in [-0.3, -0.25) is 0 Å². The molecule has 0 aliphatic carbocycles. The van der Waals surface area contributed by atoms with E-state index in [2.05, 4.69) is 9.97 Å². The summed E-state index contributed by atoms with van der Waals surface area (Å²) in [4.78, 5) is 7.82. The Hall–Kier alpha value is -3.23. The number of nitrogens with two attached hydrogens (primary N) is 1. The largest absolute Gasteiger partial charge is 0.439 e. The van der Waals surface area contributed by atoms with E-state index in [1.807, 2.05) is 54.6 Å². The van der Waals surface area contributed by atoms with Crippen molar-refractivity contribution in [2.24, 2.45) is 5.73 Å². The van der Waals surface area contributed by atoms with Gasteiger partial charge >= 0.3 is 0 Å². The molecule has 0 radical (unpaired) electrons. The lowest BCUT2D eigenvalue weighted by molar-refractivity contribution is 0.461. The highest BCUT2D eigenvalue weighted by Crippen LogP contribution is 2.26. The first-order chi connectivity index (χ1) is 11.3. The first-order valence-electron chi connectivity index (χ1n) is 7.09. The summed E-state index contributed by atoms with van der Waals surface area (Å²) in [5.41, 5.74) is 8.81. The first-order valence-corrected chi connectivity index (χ1v) is 7.09. The van der Waals surface area contributed by atoms with Crippen molar-refractivity contribution in [3.63, 3.8) is 0 Å². The molecule has 0 spiro atoms. The molecule has 23 heavy (non-hydrogen) atoms. The fourth-order valence-corrected chi connectivity index (χ4v) is 2.15. The molecule has 5 nitrogen and oxygen atoms in total. The Morgan fingerprint density at radius 1 is 1.04 bits per heavy atom. The van der Waals surface area contributed by atoms with Gasteiger partial charge in [0.15, 0.2) is 0 Å². The smallest absolute Gasteiger partial charge is 0.235 e. The molecule has 0 saturated heterocycles. The summed E-state index contributed by atoms with van der Waals surface area (Å²) < 4.78 is 5.71. The Bertz CT molecular complexity index is 853. The van der Waals surface area contributed by atoms with Crippen LogP contribution in [0.25, 0.3) is 11.1 Å². The number of ether oxygens (including phenoxy) is 1. The molecule has 0 aliphatic rings. The van der Waals surface area contributed by atoms with Crippen molar-refractivity contribution >= 4 is 0 Å². The first kappa shape index (κ1) is 14.7. The molecule has 1 aromatic heterocycles. The molecule has 0 saturated carbocycles. The van der Waals surface area contributed by atoms with E-state index in [0.29, 0.717) is 18.2 Å². The van der Waals surface area contributed by atoms with Crippen LogP contribution < -0.4 is 10.5 Å². The van der Waals surface area contributed by atoms with Gasteiger partial charge in [-0.15, -0.1) is 0 Å². The highest BCUT2D eigenvalue weighted by molar-refractivity contribution is 5.65. The predicted octanol–water partition coefficient (Wildman–Crippen LogP) is 3.27. The van der Waals surface area contributed by atoms with Crippen LogP contribution in [-0.2, 0) is 6.54 Å². The van der Waals surface area contributed by atoms with Crippen LogP contribution in [0.15, 0.2) is 60.8 Å². The maximum atomic E-state index is 8.82. The van der Waals surface area contributed by atoms with E-state index in [4.69, 9.17) is 15.7 Å².